The molecule has 5 rings (SSSR count). The molecule has 9 heteroatoms. The second-order valence-electron chi connectivity index (χ2n) is 9.18. The van der Waals surface area contributed by atoms with Crippen LogP contribution in [-0.2, 0) is 6.42 Å². The molecule has 184 valence electrons. The van der Waals surface area contributed by atoms with Crippen molar-refractivity contribution in [1.82, 2.24) is 4.98 Å². The molecule has 0 radical (unpaired) electrons. The van der Waals surface area contributed by atoms with Crippen LogP contribution in [0.1, 0.15) is 41.6 Å². The van der Waals surface area contributed by atoms with Crippen molar-refractivity contribution in [1.29, 1.82) is 0 Å². The van der Waals surface area contributed by atoms with E-state index in [9.17, 15) is 14.9 Å². The van der Waals surface area contributed by atoms with E-state index >= 15 is 0 Å². The maximum atomic E-state index is 13.3. The summed E-state index contributed by atoms with van der Waals surface area (Å²) in [5.74, 6) is 0.767. The molecule has 1 N–H and O–H groups in total. The monoisotopic (exact) mass is 504 g/mol. The first-order valence-corrected chi connectivity index (χ1v) is 12.2. The highest BCUT2D eigenvalue weighted by Crippen LogP contribution is 2.30. The number of hydrogen-bond donors (Lipinski definition) is 1. The van der Waals surface area contributed by atoms with E-state index < -0.39 is 10.8 Å². The average molecular weight is 505 g/mol. The molecule has 0 spiro atoms. The Labute approximate surface area is 213 Å². The Morgan fingerprint density at radius 1 is 1.14 bits per heavy atom. The number of fused-ring (bicyclic) bond motifs is 1. The summed E-state index contributed by atoms with van der Waals surface area (Å²) >= 11 is 5.96. The van der Waals surface area contributed by atoms with Crippen molar-refractivity contribution in [2.24, 2.45) is 5.92 Å². The summed E-state index contributed by atoms with van der Waals surface area (Å²) in [4.78, 5) is 30.9. The quantitative estimate of drug-likeness (QED) is 0.238. The van der Waals surface area contributed by atoms with Gasteiger partial charge in [0.1, 0.15) is 5.52 Å². The van der Waals surface area contributed by atoms with Crippen LogP contribution in [0, 0.1) is 16.0 Å². The SMILES string of the molecule is CC1CCN(c2ccc([N+](=O)[O-])cc2C(=O)Nc2ccc3oc(Cc4ccc(Cl)cc4)nc3c2)CC1. The van der Waals surface area contributed by atoms with Crippen LogP contribution in [0.4, 0.5) is 17.1 Å². The molecule has 1 aromatic heterocycles. The van der Waals surface area contributed by atoms with Crippen LogP contribution in [0.2, 0.25) is 5.02 Å². The molecule has 8 nitrogen and oxygen atoms in total. The molecule has 4 aromatic rings. The molecule has 1 aliphatic heterocycles. The molecule has 3 aromatic carbocycles. The zero-order valence-corrected chi connectivity index (χ0v) is 20.5. The number of halogens is 1. The van der Waals surface area contributed by atoms with Crippen LogP contribution in [0.25, 0.3) is 11.1 Å². The van der Waals surface area contributed by atoms with Gasteiger partial charge in [0.15, 0.2) is 11.5 Å². The summed E-state index contributed by atoms with van der Waals surface area (Å²) < 4.78 is 5.86. The van der Waals surface area contributed by atoms with Crippen molar-refractivity contribution in [3.63, 3.8) is 0 Å². The molecule has 1 aliphatic rings. The van der Waals surface area contributed by atoms with Crippen LogP contribution >= 0.6 is 11.6 Å². The molecule has 0 saturated carbocycles. The first-order chi connectivity index (χ1) is 17.4. The van der Waals surface area contributed by atoms with Crippen LogP contribution in [0.15, 0.2) is 65.1 Å². The number of piperidine rings is 1. The largest absolute Gasteiger partial charge is 0.440 e. The Morgan fingerprint density at radius 3 is 2.61 bits per heavy atom. The van der Waals surface area contributed by atoms with Gasteiger partial charge in [0.2, 0.25) is 0 Å². The second-order valence-corrected chi connectivity index (χ2v) is 9.61. The van der Waals surface area contributed by atoms with Gasteiger partial charge >= 0.3 is 0 Å². The van der Waals surface area contributed by atoms with Crippen molar-refractivity contribution in [2.45, 2.75) is 26.2 Å². The minimum absolute atomic E-state index is 0.118. The molecular weight excluding hydrogens is 480 g/mol. The third kappa shape index (κ3) is 5.18. The van der Waals surface area contributed by atoms with Crippen molar-refractivity contribution in [3.8, 4) is 0 Å². The molecule has 1 fully saturated rings. The van der Waals surface area contributed by atoms with E-state index in [1.807, 2.05) is 24.3 Å². The van der Waals surface area contributed by atoms with Crippen LogP contribution in [0.5, 0.6) is 0 Å². The van der Waals surface area contributed by atoms with Crippen molar-refractivity contribution < 1.29 is 14.1 Å². The normalized spacial score (nSPS) is 14.2. The summed E-state index contributed by atoms with van der Waals surface area (Å²) in [6.07, 6.45) is 2.54. The number of amides is 1. The number of nitro groups is 1. The fourth-order valence-electron chi connectivity index (χ4n) is 4.45. The second kappa shape index (κ2) is 9.99. The number of nitro benzene ring substituents is 1. The Morgan fingerprint density at radius 2 is 1.89 bits per heavy atom. The Bertz CT molecular complexity index is 1430. The predicted octanol–water partition coefficient (Wildman–Crippen LogP) is 6.47. The number of benzene rings is 3. The molecule has 1 amide bonds. The third-order valence-corrected chi connectivity index (χ3v) is 6.77. The highest BCUT2D eigenvalue weighted by atomic mass is 35.5. The van der Waals surface area contributed by atoms with E-state index in [-0.39, 0.29) is 11.3 Å². The lowest BCUT2D eigenvalue weighted by Gasteiger charge is -2.33. The van der Waals surface area contributed by atoms with E-state index in [1.165, 1.54) is 12.1 Å². The summed E-state index contributed by atoms with van der Waals surface area (Å²) in [5.41, 5.74) is 3.64. The summed E-state index contributed by atoms with van der Waals surface area (Å²) in [6.45, 7) is 3.82. The highest BCUT2D eigenvalue weighted by Gasteiger charge is 2.24. The molecule has 2 heterocycles. The lowest BCUT2D eigenvalue weighted by molar-refractivity contribution is -0.384. The first kappa shape index (κ1) is 23.8. The number of carbonyl (C=O) groups excluding carboxylic acids is 1. The highest BCUT2D eigenvalue weighted by molar-refractivity contribution is 6.30. The van der Waals surface area contributed by atoms with Gasteiger partial charge in [-0.25, -0.2) is 4.98 Å². The molecule has 0 bridgehead atoms. The van der Waals surface area contributed by atoms with Gasteiger partial charge in [-0.2, -0.15) is 0 Å². The molecule has 0 atom stereocenters. The number of aromatic nitrogens is 1. The van der Waals surface area contributed by atoms with Gasteiger partial charge in [-0.1, -0.05) is 30.7 Å². The van der Waals surface area contributed by atoms with Gasteiger partial charge in [0, 0.05) is 42.4 Å². The third-order valence-electron chi connectivity index (χ3n) is 6.52. The van der Waals surface area contributed by atoms with E-state index in [0.717, 1.165) is 31.5 Å². The Kier molecular flexibility index (Phi) is 6.61. The standard InChI is InChI=1S/C27H25ClN4O4/c1-17-10-12-31(13-11-17)24-8-7-21(32(34)35)16-22(24)27(33)29-20-6-9-25-23(15-20)30-26(36-25)14-18-2-4-19(28)5-3-18/h2-9,15-17H,10-14H2,1H3,(H,29,33). The fraction of sp³-hybridized carbons (Fsp3) is 0.259. The number of nitrogens with one attached hydrogen (secondary N) is 1. The van der Waals surface area contributed by atoms with Gasteiger partial charge in [-0.3, -0.25) is 14.9 Å². The summed E-state index contributed by atoms with van der Waals surface area (Å²) in [6, 6.07) is 17.2. The summed E-state index contributed by atoms with van der Waals surface area (Å²) in [7, 11) is 0. The van der Waals surface area contributed by atoms with E-state index in [1.54, 1.807) is 24.3 Å². The fourth-order valence-corrected chi connectivity index (χ4v) is 4.57. The molecule has 0 aliphatic carbocycles. The smallest absolute Gasteiger partial charge is 0.270 e. The van der Waals surface area contributed by atoms with Crippen LogP contribution < -0.4 is 10.2 Å². The van der Waals surface area contributed by atoms with E-state index in [0.29, 0.717) is 45.7 Å². The number of anilines is 2. The number of carbonyl (C=O) groups is 1. The number of nitrogens with zero attached hydrogens (tertiary/aromatic N) is 3. The molecule has 36 heavy (non-hydrogen) atoms. The van der Waals surface area contributed by atoms with Crippen molar-refractivity contribution >= 4 is 45.7 Å². The number of oxazole rings is 1. The lowest BCUT2D eigenvalue weighted by atomic mass is 9.98. The van der Waals surface area contributed by atoms with E-state index in [2.05, 4.69) is 22.1 Å². The van der Waals surface area contributed by atoms with Crippen LogP contribution in [0.3, 0.4) is 0 Å². The maximum Gasteiger partial charge on any atom is 0.270 e. The predicted molar refractivity (Wildman–Crippen MR) is 140 cm³/mol. The summed E-state index contributed by atoms with van der Waals surface area (Å²) in [5, 5.41) is 14.9. The van der Waals surface area contributed by atoms with Gasteiger partial charge < -0.3 is 14.6 Å². The minimum atomic E-state index is -0.484. The molecular formula is C27H25ClN4O4. The maximum absolute atomic E-state index is 13.3. The van der Waals surface area contributed by atoms with Crippen LogP contribution in [-0.4, -0.2) is 28.9 Å². The number of rotatable bonds is 6. The average Bonchev–Trinajstić information content (AvgIpc) is 3.27. The lowest BCUT2D eigenvalue weighted by Crippen LogP contribution is -2.34. The molecule has 1 saturated heterocycles. The van der Waals surface area contributed by atoms with Gasteiger partial charge in [-0.15, -0.1) is 0 Å². The first-order valence-electron chi connectivity index (χ1n) is 11.8. The molecule has 0 unspecified atom stereocenters. The van der Waals surface area contributed by atoms with Gasteiger partial charge in [0.25, 0.3) is 11.6 Å². The zero-order chi connectivity index (χ0) is 25.2. The zero-order valence-electron chi connectivity index (χ0n) is 19.7. The number of non-ortho nitro benzene ring substituents is 1. The Balaban J connectivity index is 1.38. The van der Waals surface area contributed by atoms with E-state index in [4.69, 9.17) is 16.0 Å². The number of hydrogen-bond acceptors (Lipinski definition) is 6. The Hall–Kier alpha value is -3.91. The van der Waals surface area contributed by atoms with Crippen molar-refractivity contribution in [3.05, 3.63) is 92.8 Å². The van der Waals surface area contributed by atoms with Gasteiger partial charge in [-0.05, 0) is 60.7 Å². The van der Waals surface area contributed by atoms with Crippen molar-refractivity contribution in [2.75, 3.05) is 23.3 Å². The topological polar surface area (TPSA) is 102 Å². The van der Waals surface area contributed by atoms with Gasteiger partial charge in [0.05, 0.1) is 16.2 Å². The minimum Gasteiger partial charge on any atom is -0.440 e.